The van der Waals surface area contributed by atoms with Gasteiger partial charge in [-0.2, -0.15) is 4.98 Å². The fourth-order valence-corrected chi connectivity index (χ4v) is 3.59. The van der Waals surface area contributed by atoms with E-state index in [1.807, 2.05) is 0 Å². The van der Waals surface area contributed by atoms with Gasteiger partial charge in [-0.25, -0.2) is 14.2 Å². The van der Waals surface area contributed by atoms with Gasteiger partial charge in [0, 0.05) is 6.42 Å². The van der Waals surface area contributed by atoms with Crippen LogP contribution in [-0.2, 0) is 33.3 Å². The van der Waals surface area contributed by atoms with E-state index < -0.39 is 73.4 Å². The Labute approximate surface area is 222 Å². The van der Waals surface area contributed by atoms with Gasteiger partial charge in [0.2, 0.25) is 12.1 Å². The number of alkyl halides is 1. The van der Waals surface area contributed by atoms with Gasteiger partial charge in [0.1, 0.15) is 43.8 Å². The average Bonchev–Trinajstić information content (AvgIpc) is 3.46. The van der Waals surface area contributed by atoms with Crippen LogP contribution in [0.15, 0.2) is 11.1 Å². The number of hydrogen-bond acceptors (Lipinski definition) is 13. The molecule has 0 spiro atoms. The normalized spacial score (nSPS) is 21.6. The number of carbonyl (C=O) groups is 3. The summed E-state index contributed by atoms with van der Waals surface area (Å²) in [5, 5.41) is 0. The van der Waals surface area contributed by atoms with E-state index in [9.17, 15) is 23.6 Å². The van der Waals surface area contributed by atoms with Crippen molar-refractivity contribution in [2.45, 2.75) is 70.8 Å². The summed E-state index contributed by atoms with van der Waals surface area (Å²) >= 11 is 0. The van der Waals surface area contributed by atoms with Crippen LogP contribution < -0.4 is 22.8 Å². The summed E-state index contributed by atoms with van der Waals surface area (Å²) < 4.78 is 37.3. The van der Waals surface area contributed by atoms with Crippen LogP contribution in [0, 0.1) is 11.8 Å². The number of nitrogens with zero attached hydrogens (tertiary/aromatic N) is 3. The Morgan fingerprint density at radius 1 is 1.13 bits per heavy atom. The minimum atomic E-state index is -1.67. The molecule has 2 aromatic heterocycles. The van der Waals surface area contributed by atoms with Crippen molar-refractivity contribution < 1.29 is 37.7 Å². The molecule has 1 aliphatic heterocycles. The number of H-pyrrole nitrogens is 1. The van der Waals surface area contributed by atoms with Crippen LogP contribution >= 0.6 is 0 Å². The monoisotopic (exact) mass is 555 g/mol. The zero-order valence-electron chi connectivity index (χ0n) is 22.0. The second kappa shape index (κ2) is 12.5. The first kappa shape index (κ1) is 29.9. The molecule has 216 valence electrons. The minimum Gasteiger partial charge on any atom is -0.460 e. The first-order chi connectivity index (χ1) is 18.3. The van der Waals surface area contributed by atoms with Crippen molar-refractivity contribution in [3.63, 3.8) is 0 Å². The van der Waals surface area contributed by atoms with Crippen LogP contribution in [0.2, 0.25) is 0 Å². The van der Waals surface area contributed by atoms with Crippen molar-refractivity contribution >= 4 is 35.0 Å². The lowest BCUT2D eigenvalue weighted by Gasteiger charge is -2.22. The molecule has 0 aromatic carbocycles. The molecule has 1 fully saturated rings. The third-order valence-electron chi connectivity index (χ3n) is 6.19. The van der Waals surface area contributed by atoms with Gasteiger partial charge < -0.3 is 36.1 Å². The van der Waals surface area contributed by atoms with Gasteiger partial charge in [-0.3, -0.25) is 23.9 Å². The lowest BCUT2D eigenvalue weighted by atomic mass is 10.1. The number of imidazole rings is 1. The Balaban J connectivity index is 1.66. The Kier molecular flexibility index (Phi) is 9.58. The number of nitrogens with two attached hydrogens (primary N) is 3. The van der Waals surface area contributed by atoms with Gasteiger partial charge in [-0.05, 0) is 11.8 Å². The van der Waals surface area contributed by atoms with E-state index in [1.54, 1.807) is 27.7 Å². The van der Waals surface area contributed by atoms with Gasteiger partial charge in [0.05, 0.1) is 6.33 Å². The molecule has 3 heterocycles. The van der Waals surface area contributed by atoms with Crippen molar-refractivity contribution in [1.82, 2.24) is 19.5 Å². The lowest BCUT2D eigenvalue weighted by molar-refractivity contribution is -0.178. The molecular formula is C23H34FN7O8. The molecule has 3 rings (SSSR count). The van der Waals surface area contributed by atoms with Crippen LogP contribution in [0.1, 0.15) is 40.3 Å². The highest BCUT2D eigenvalue weighted by atomic mass is 19.1. The number of fused-ring (bicyclic) bond motifs is 1. The molecule has 0 saturated carbocycles. The highest BCUT2D eigenvalue weighted by Crippen LogP contribution is 2.32. The maximum absolute atomic E-state index is 14.8. The van der Waals surface area contributed by atoms with E-state index in [0.717, 1.165) is 0 Å². The topological polar surface area (TPSA) is 230 Å². The molecule has 1 saturated heterocycles. The minimum absolute atomic E-state index is 0.00548. The molecule has 4 unspecified atom stereocenters. The summed E-state index contributed by atoms with van der Waals surface area (Å²) in [4.78, 5) is 59.6. The Morgan fingerprint density at radius 2 is 1.77 bits per heavy atom. The third kappa shape index (κ3) is 7.07. The fraction of sp³-hybridized carbons (Fsp3) is 0.652. The van der Waals surface area contributed by atoms with E-state index in [1.165, 1.54) is 10.9 Å². The summed E-state index contributed by atoms with van der Waals surface area (Å²) in [6, 6.07) is -2.02. The van der Waals surface area contributed by atoms with E-state index in [0.29, 0.717) is 0 Å². The van der Waals surface area contributed by atoms with Crippen LogP contribution in [0.3, 0.4) is 0 Å². The van der Waals surface area contributed by atoms with E-state index in [4.69, 9.17) is 36.1 Å². The van der Waals surface area contributed by atoms with Crippen LogP contribution in [0.5, 0.6) is 0 Å². The summed E-state index contributed by atoms with van der Waals surface area (Å²) in [7, 11) is 0. The predicted octanol–water partition coefficient (Wildman–Crippen LogP) is -0.708. The van der Waals surface area contributed by atoms with Crippen molar-refractivity contribution in [2.24, 2.45) is 23.3 Å². The highest BCUT2D eigenvalue weighted by molar-refractivity contribution is 5.82. The zero-order valence-corrected chi connectivity index (χ0v) is 22.0. The molecule has 15 nitrogen and oxygen atoms in total. The molecule has 0 aliphatic carbocycles. The van der Waals surface area contributed by atoms with Gasteiger partial charge in [0.25, 0.3) is 5.56 Å². The molecule has 2 aromatic rings. The smallest absolute Gasteiger partial charge is 0.351 e. The van der Waals surface area contributed by atoms with Gasteiger partial charge in [0.15, 0.2) is 11.2 Å². The molecule has 16 heteroatoms. The molecule has 39 heavy (non-hydrogen) atoms. The molecule has 1 aliphatic rings. The first-order valence-corrected chi connectivity index (χ1v) is 12.4. The van der Waals surface area contributed by atoms with Gasteiger partial charge >= 0.3 is 17.9 Å². The lowest BCUT2D eigenvalue weighted by Crippen LogP contribution is -2.44. The predicted molar refractivity (Wildman–Crippen MR) is 133 cm³/mol. The molecule has 0 radical (unpaired) electrons. The third-order valence-corrected chi connectivity index (χ3v) is 6.19. The largest absolute Gasteiger partial charge is 0.460 e. The average molecular weight is 556 g/mol. The summed E-state index contributed by atoms with van der Waals surface area (Å²) in [5.74, 6) is -3.52. The maximum atomic E-state index is 14.8. The zero-order chi connectivity index (χ0) is 29.0. The van der Waals surface area contributed by atoms with Crippen molar-refractivity contribution in [2.75, 3.05) is 18.9 Å². The molecule has 0 bridgehead atoms. The van der Waals surface area contributed by atoms with Crippen LogP contribution in [0.25, 0.3) is 11.2 Å². The molecule has 0 amide bonds. The second-order valence-corrected chi connectivity index (χ2v) is 9.88. The summed E-state index contributed by atoms with van der Waals surface area (Å²) in [6.07, 6.45) is -4.26. The number of aromatic amines is 1. The number of hydrogen-bond donors (Lipinski definition) is 4. The number of esters is 3. The number of nitrogen functional groups attached to an aromatic ring is 1. The number of anilines is 1. The Morgan fingerprint density at radius 3 is 2.41 bits per heavy atom. The number of aromatic nitrogens is 4. The van der Waals surface area contributed by atoms with Crippen molar-refractivity contribution in [3.8, 4) is 0 Å². The summed E-state index contributed by atoms with van der Waals surface area (Å²) in [5.41, 5.74) is 16.7. The van der Waals surface area contributed by atoms with Crippen molar-refractivity contribution in [1.29, 1.82) is 0 Å². The number of halogens is 1. The molecule has 6 atom stereocenters. The number of carbonyl (C=O) groups excluding carboxylic acids is 3. The number of rotatable bonds is 11. The van der Waals surface area contributed by atoms with E-state index >= 15 is 0 Å². The van der Waals surface area contributed by atoms with Crippen LogP contribution in [0.4, 0.5) is 10.3 Å². The SMILES string of the molecule is CC(C)[C@H](N)C(=O)OCC(OC(=O)[C@@H](N)C(C)C)C(=O)OCC1OC(n2cnc3c(=O)[nH]c(N)nc32)CC1F. The number of ether oxygens (including phenoxy) is 4. The Hall–Kier alpha value is -3.63. The van der Waals surface area contributed by atoms with E-state index in [-0.39, 0.29) is 35.4 Å². The van der Waals surface area contributed by atoms with Gasteiger partial charge in [-0.15, -0.1) is 0 Å². The van der Waals surface area contributed by atoms with Gasteiger partial charge in [-0.1, -0.05) is 27.7 Å². The quantitative estimate of drug-likeness (QED) is 0.199. The highest BCUT2D eigenvalue weighted by Gasteiger charge is 2.39. The second-order valence-electron chi connectivity index (χ2n) is 9.88. The Bertz CT molecular complexity index is 1250. The fourth-order valence-electron chi connectivity index (χ4n) is 3.59. The van der Waals surface area contributed by atoms with Crippen LogP contribution in [-0.4, -0.2) is 81.1 Å². The standard InChI is InChI=1S/C23H34FN7O8/c1-9(2)15(25)21(34)37-7-13(39-22(35)16(26)10(3)4)20(33)36-6-12-11(24)5-14(38-12)31-8-28-17-18(31)29-23(27)30-19(17)32/h8-16H,5-7,25-26H2,1-4H3,(H3,27,29,30,32)/t11?,12?,13?,14?,15-,16-/m0/s1. The molecule has 7 N–H and O–H groups in total. The van der Waals surface area contributed by atoms with E-state index in [2.05, 4.69) is 15.0 Å². The summed E-state index contributed by atoms with van der Waals surface area (Å²) in [6.45, 7) is 5.54. The first-order valence-electron chi connectivity index (χ1n) is 12.4. The number of nitrogens with one attached hydrogen (secondary N) is 1. The maximum Gasteiger partial charge on any atom is 0.351 e. The van der Waals surface area contributed by atoms with Crippen molar-refractivity contribution in [3.05, 3.63) is 16.7 Å². The molecular weight excluding hydrogens is 521 g/mol.